The highest BCUT2D eigenvalue weighted by Gasteiger charge is 2.32. The summed E-state index contributed by atoms with van der Waals surface area (Å²) in [5.41, 5.74) is 1.24. The maximum absolute atomic E-state index is 13.1. The minimum Gasteiger partial charge on any atom is -0.479 e. The van der Waals surface area contributed by atoms with Crippen molar-refractivity contribution in [3.05, 3.63) is 52.5 Å². The summed E-state index contributed by atoms with van der Waals surface area (Å²) in [6.07, 6.45) is -0.367. The molecule has 2 heterocycles. The van der Waals surface area contributed by atoms with Gasteiger partial charge in [-0.25, -0.2) is 8.42 Å². The Balaban J connectivity index is 1.42. The zero-order chi connectivity index (χ0) is 22.2. The maximum Gasteiger partial charge on any atom is 0.265 e. The van der Waals surface area contributed by atoms with Gasteiger partial charge in [0.1, 0.15) is 5.75 Å². The summed E-state index contributed by atoms with van der Waals surface area (Å²) in [4.78, 5) is 26.3. The molecule has 1 N–H and O–H groups in total. The number of carbonyl (C=O) groups is 2. The van der Waals surface area contributed by atoms with Crippen molar-refractivity contribution >= 4 is 43.5 Å². The van der Waals surface area contributed by atoms with Crippen LogP contribution in [0.3, 0.4) is 0 Å². The van der Waals surface area contributed by atoms with Crippen LogP contribution >= 0.6 is 15.9 Å². The molecule has 0 aliphatic carbocycles. The van der Waals surface area contributed by atoms with E-state index in [4.69, 9.17) is 4.74 Å². The van der Waals surface area contributed by atoms with E-state index < -0.39 is 16.1 Å². The Kier molecular flexibility index (Phi) is 6.05. The number of nitrogens with zero attached hydrogens (tertiary/aromatic N) is 2. The fourth-order valence-corrected chi connectivity index (χ4v) is 5.47. The molecule has 2 aromatic carbocycles. The van der Waals surface area contributed by atoms with Crippen molar-refractivity contribution in [1.82, 2.24) is 9.21 Å². The van der Waals surface area contributed by atoms with Gasteiger partial charge in [-0.3, -0.25) is 9.59 Å². The second-order valence-corrected chi connectivity index (χ2v) is 10.3. The molecule has 2 aromatic rings. The average molecular weight is 508 g/mol. The van der Waals surface area contributed by atoms with E-state index in [0.29, 0.717) is 24.5 Å². The van der Waals surface area contributed by atoms with Crippen LogP contribution < -0.4 is 10.1 Å². The van der Waals surface area contributed by atoms with Gasteiger partial charge in [-0.1, -0.05) is 34.1 Å². The highest BCUT2D eigenvalue weighted by atomic mass is 79.9. The largest absolute Gasteiger partial charge is 0.479 e. The predicted octanol–water partition coefficient (Wildman–Crippen LogP) is 2.24. The van der Waals surface area contributed by atoms with E-state index in [0.717, 1.165) is 10.0 Å². The summed E-state index contributed by atoms with van der Waals surface area (Å²) >= 11 is 3.45. The number of amides is 2. The number of anilines is 1. The number of sulfonamides is 1. The fourth-order valence-electron chi connectivity index (χ4n) is 3.59. The topological polar surface area (TPSA) is 96.0 Å². The van der Waals surface area contributed by atoms with Crippen molar-refractivity contribution in [2.45, 2.75) is 24.3 Å². The summed E-state index contributed by atoms with van der Waals surface area (Å²) in [5.74, 6) is 0.0828. The lowest BCUT2D eigenvalue weighted by Crippen LogP contribution is -2.50. The Morgan fingerprint density at radius 1 is 1.16 bits per heavy atom. The van der Waals surface area contributed by atoms with E-state index in [1.807, 2.05) is 24.3 Å². The molecule has 0 spiro atoms. The van der Waals surface area contributed by atoms with Crippen molar-refractivity contribution in [2.24, 2.45) is 0 Å². The Hall–Kier alpha value is -2.43. The molecule has 4 rings (SSSR count). The first-order chi connectivity index (χ1) is 14.8. The van der Waals surface area contributed by atoms with Crippen LogP contribution in [0.4, 0.5) is 5.69 Å². The molecule has 0 bridgehead atoms. The highest BCUT2D eigenvalue weighted by Crippen LogP contribution is 2.33. The predicted molar refractivity (Wildman–Crippen MR) is 118 cm³/mol. The van der Waals surface area contributed by atoms with Gasteiger partial charge in [-0.05, 0) is 36.8 Å². The first-order valence-corrected chi connectivity index (χ1v) is 12.1. The second-order valence-electron chi connectivity index (χ2n) is 7.46. The average Bonchev–Trinajstić information content (AvgIpc) is 2.76. The van der Waals surface area contributed by atoms with Crippen LogP contribution in [0.25, 0.3) is 0 Å². The zero-order valence-electron chi connectivity index (χ0n) is 16.9. The summed E-state index contributed by atoms with van der Waals surface area (Å²) in [7, 11) is -3.76. The standard InChI is InChI=1S/C21H22BrN3O5S/c1-14-21(27)23-18-13-16(6-7-19(18)30-14)31(28,29)25-10-8-24(9-11-25)20(26)12-15-4-2-3-5-17(15)22/h2-7,13-14H,8-12H2,1H3,(H,23,27)/t14-/m1/s1. The van der Waals surface area contributed by atoms with Crippen LogP contribution in [0.1, 0.15) is 12.5 Å². The number of hydrogen-bond donors (Lipinski definition) is 1. The molecule has 0 radical (unpaired) electrons. The fraction of sp³-hybridized carbons (Fsp3) is 0.333. The summed E-state index contributed by atoms with van der Waals surface area (Å²) in [6.45, 7) is 2.69. The number of benzene rings is 2. The minimum absolute atomic E-state index is 0.0355. The number of piperazine rings is 1. The van der Waals surface area contributed by atoms with Gasteiger partial charge in [-0.15, -0.1) is 0 Å². The second kappa shape index (κ2) is 8.60. The number of fused-ring (bicyclic) bond motifs is 1. The first kappa shape index (κ1) is 21.8. The lowest BCUT2D eigenvalue weighted by Gasteiger charge is -2.34. The molecule has 1 saturated heterocycles. The van der Waals surface area contributed by atoms with E-state index >= 15 is 0 Å². The van der Waals surface area contributed by atoms with Crippen molar-refractivity contribution in [3.8, 4) is 5.75 Å². The van der Waals surface area contributed by atoms with Crippen molar-refractivity contribution in [1.29, 1.82) is 0 Å². The zero-order valence-corrected chi connectivity index (χ0v) is 19.3. The highest BCUT2D eigenvalue weighted by molar-refractivity contribution is 9.10. The van der Waals surface area contributed by atoms with Crippen LogP contribution in [0.15, 0.2) is 51.8 Å². The Bertz CT molecular complexity index is 1130. The van der Waals surface area contributed by atoms with Gasteiger partial charge in [0.25, 0.3) is 5.91 Å². The maximum atomic E-state index is 13.1. The van der Waals surface area contributed by atoms with Gasteiger partial charge < -0.3 is 15.0 Å². The van der Waals surface area contributed by atoms with Gasteiger partial charge in [0.15, 0.2) is 6.10 Å². The van der Waals surface area contributed by atoms with E-state index in [-0.39, 0.29) is 36.2 Å². The monoisotopic (exact) mass is 507 g/mol. The number of halogens is 1. The Labute approximate surface area is 189 Å². The number of carbonyl (C=O) groups excluding carboxylic acids is 2. The molecule has 10 heteroatoms. The lowest BCUT2D eigenvalue weighted by molar-refractivity contribution is -0.131. The van der Waals surface area contributed by atoms with Crippen LogP contribution in [-0.2, 0) is 26.0 Å². The first-order valence-electron chi connectivity index (χ1n) is 9.88. The number of hydrogen-bond acceptors (Lipinski definition) is 5. The molecular formula is C21H22BrN3O5S. The van der Waals surface area contributed by atoms with Crippen LogP contribution in [0, 0.1) is 0 Å². The van der Waals surface area contributed by atoms with E-state index in [1.165, 1.54) is 16.4 Å². The lowest BCUT2D eigenvalue weighted by atomic mass is 10.1. The molecule has 31 heavy (non-hydrogen) atoms. The third-order valence-electron chi connectivity index (χ3n) is 5.41. The van der Waals surface area contributed by atoms with E-state index in [2.05, 4.69) is 21.2 Å². The molecule has 2 aliphatic heterocycles. The van der Waals surface area contributed by atoms with E-state index in [1.54, 1.807) is 17.9 Å². The summed E-state index contributed by atoms with van der Waals surface area (Å²) in [5, 5.41) is 2.67. The minimum atomic E-state index is -3.76. The Morgan fingerprint density at radius 3 is 2.58 bits per heavy atom. The van der Waals surface area contributed by atoms with Crippen LogP contribution in [0.2, 0.25) is 0 Å². The van der Waals surface area contributed by atoms with Gasteiger partial charge in [0, 0.05) is 30.7 Å². The molecule has 164 valence electrons. The van der Waals surface area contributed by atoms with Crippen LogP contribution in [-0.4, -0.2) is 61.7 Å². The third-order valence-corrected chi connectivity index (χ3v) is 8.08. The molecule has 0 aromatic heterocycles. The van der Waals surface area contributed by atoms with Crippen molar-refractivity contribution in [2.75, 3.05) is 31.5 Å². The molecule has 8 nitrogen and oxygen atoms in total. The molecule has 2 aliphatic rings. The number of rotatable bonds is 4. The van der Waals surface area contributed by atoms with Crippen molar-refractivity contribution in [3.63, 3.8) is 0 Å². The smallest absolute Gasteiger partial charge is 0.265 e. The van der Waals surface area contributed by atoms with Gasteiger partial charge in [0.2, 0.25) is 15.9 Å². The SMILES string of the molecule is C[C@H]1Oc2ccc(S(=O)(=O)N3CCN(C(=O)Cc4ccccc4Br)CC3)cc2NC1=O. The Morgan fingerprint density at radius 2 is 1.87 bits per heavy atom. The van der Waals surface area contributed by atoms with Gasteiger partial charge >= 0.3 is 0 Å². The molecule has 1 fully saturated rings. The van der Waals surface area contributed by atoms with Crippen molar-refractivity contribution < 1.29 is 22.7 Å². The number of nitrogens with one attached hydrogen (secondary N) is 1. The number of ether oxygens (including phenoxy) is 1. The molecule has 1 atom stereocenters. The third kappa shape index (κ3) is 4.46. The summed E-state index contributed by atoms with van der Waals surface area (Å²) < 4.78 is 33.9. The van der Waals surface area contributed by atoms with Gasteiger partial charge in [-0.2, -0.15) is 4.31 Å². The van der Waals surface area contributed by atoms with E-state index in [9.17, 15) is 18.0 Å². The molecule has 0 unspecified atom stereocenters. The normalized spacial score (nSPS) is 19.4. The molecular weight excluding hydrogens is 486 g/mol. The molecule has 2 amide bonds. The quantitative estimate of drug-likeness (QED) is 0.684. The summed E-state index contributed by atoms with van der Waals surface area (Å²) in [6, 6.07) is 12.0. The molecule has 0 saturated carbocycles. The van der Waals surface area contributed by atoms with Gasteiger partial charge in [0.05, 0.1) is 17.0 Å². The van der Waals surface area contributed by atoms with Crippen LogP contribution in [0.5, 0.6) is 5.75 Å².